The molecule has 2 aromatic carbocycles. The molecule has 0 aliphatic rings. The fourth-order valence-corrected chi connectivity index (χ4v) is 2.44. The summed E-state index contributed by atoms with van der Waals surface area (Å²) in [7, 11) is 2.08. The highest BCUT2D eigenvalue weighted by Gasteiger charge is 2.01. The Kier molecular flexibility index (Phi) is 7.61. The van der Waals surface area contributed by atoms with Gasteiger partial charge in [-0.2, -0.15) is 15.5 Å². The van der Waals surface area contributed by atoms with Crippen molar-refractivity contribution in [3.05, 3.63) is 54.1 Å². The summed E-state index contributed by atoms with van der Waals surface area (Å²) in [6, 6.07) is 17.1. The number of aliphatic hydroxyl groups is 1. The van der Waals surface area contributed by atoms with Crippen molar-refractivity contribution in [2.24, 2.45) is 10.2 Å². The molecule has 0 saturated carbocycles. The number of anilines is 1. The van der Waals surface area contributed by atoms with E-state index in [4.69, 9.17) is 10.4 Å². The van der Waals surface area contributed by atoms with Crippen molar-refractivity contribution in [1.29, 1.82) is 5.26 Å². The van der Waals surface area contributed by atoms with Crippen molar-refractivity contribution in [2.75, 3.05) is 25.1 Å². The SMILES string of the molecule is CN(CCCCCCO)c1ccc(N=Nc2ccc(C#N)cc2)cc1. The molecule has 0 radical (unpaired) electrons. The Bertz CT molecular complexity index is 702. The van der Waals surface area contributed by atoms with Crippen LogP contribution < -0.4 is 4.90 Å². The molecule has 0 spiro atoms. The largest absolute Gasteiger partial charge is 0.396 e. The number of aliphatic hydroxyl groups excluding tert-OH is 1. The van der Waals surface area contributed by atoms with Crippen molar-refractivity contribution in [3.8, 4) is 6.07 Å². The van der Waals surface area contributed by atoms with E-state index in [1.54, 1.807) is 24.3 Å². The maximum atomic E-state index is 8.78. The van der Waals surface area contributed by atoms with E-state index in [0.717, 1.165) is 49.3 Å². The third-order valence-corrected chi connectivity index (χ3v) is 3.97. The van der Waals surface area contributed by atoms with Crippen LogP contribution in [-0.4, -0.2) is 25.3 Å². The van der Waals surface area contributed by atoms with Crippen LogP contribution in [0.25, 0.3) is 0 Å². The molecule has 130 valence electrons. The third-order valence-electron chi connectivity index (χ3n) is 3.97. The van der Waals surface area contributed by atoms with Gasteiger partial charge in [-0.05, 0) is 61.4 Å². The van der Waals surface area contributed by atoms with Crippen molar-refractivity contribution in [3.63, 3.8) is 0 Å². The molecule has 1 N–H and O–H groups in total. The molecule has 25 heavy (non-hydrogen) atoms. The number of nitrogens with zero attached hydrogens (tertiary/aromatic N) is 4. The zero-order valence-electron chi connectivity index (χ0n) is 14.6. The van der Waals surface area contributed by atoms with Gasteiger partial charge in [0, 0.05) is 25.9 Å². The fourth-order valence-electron chi connectivity index (χ4n) is 2.44. The van der Waals surface area contributed by atoms with Gasteiger partial charge in [0.05, 0.1) is 23.0 Å². The molecule has 0 saturated heterocycles. The van der Waals surface area contributed by atoms with Gasteiger partial charge < -0.3 is 10.0 Å². The summed E-state index contributed by atoms with van der Waals surface area (Å²) in [5, 5.41) is 26.0. The van der Waals surface area contributed by atoms with E-state index in [0.29, 0.717) is 5.56 Å². The molecule has 2 aromatic rings. The number of rotatable bonds is 9. The summed E-state index contributed by atoms with van der Waals surface area (Å²) in [6.45, 7) is 1.28. The summed E-state index contributed by atoms with van der Waals surface area (Å²) in [6.07, 6.45) is 4.24. The number of azo groups is 1. The lowest BCUT2D eigenvalue weighted by Crippen LogP contribution is -2.18. The highest BCUT2D eigenvalue weighted by molar-refractivity contribution is 5.52. The van der Waals surface area contributed by atoms with Gasteiger partial charge in [0.25, 0.3) is 0 Å². The van der Waals surface area contributed by atoms with Crippen molar-refractivity contribution in [2.45, 2.75) is 25.7 Å². The Hall–Kier alpha value is -2.71. The Morgan fingerprint density at radius 1 is 0.880 bits per heavy atom. The fraction of sp³-hybridized carbons (Fsp3) is 0.350. The molecule has 2 rings (SSSR count). The van der Waals surface area contributed by atoms with Crippen LogP contribution in [0.1, 0.15) is 31.2 Å². The number of benzene rings is 2. The van der Waals surface area contributed by atoms with Crippen LogP contribution >= 0.6 is 0 Å². The van der Waals surface area contributed by atoms with Gasteiger partial charge >= 0.3 is 0 Å². The second-order valence-electron chi connectivity index (χ2n) is 5.93. The normalized spacial score (nSPS) is 10.8. The molecule has 0 aliphatic carbocycles. The first kappa shape index (κ1) is 18.6. The molecule has 0 fully saturated rings. The van der Waals surface area contributed by atoms with Crippen LogP contribution in [0.3, 0.4) is 0 Å². The minimum absolute atomic E-state index is 0.286. The van der Waals surface area contributed by atoms with Crippen molar-refractivity contribution >= 4 is 17.1 Å². The molecular weight excluding hydrogens is 312 g/mol. The summed E-state index contributed by atoms with van der Waals surface area (Å²) in [5.74, 6) is 0. The minimum Gasteiger partial charge on any atom is -0.396 e. The van der Waals surface area contributed by atoms with Gasteiger partial charge in [-0.25, -0.2) is 0 Å². The number of hydrogen-bond donors (Lipinski definition) is 1. The van der Waals surface area contributed by atoms with E-state index < -0.39 is 0 Å². The number of hydrogen-bond acceptors (Lipinski definition) is 5. The van der Waals surface area contributed by atoms with Crippen LogP contribution in [0.4, 0.5) is 17.1 Å². The second-order valence-corrected chi connectivity index (χ2v) is 5.93. The molecule has 0 bridgehead atoms. The zero-order chi connectivity index (χ0) is 17.9. The predicted molar refractivity (Wildman–Crippen MR) is 101 cm³/mol. The first-order chi connectivity index (χ1) is 12.2. The lowest BCUT2D eigenvalue weighted by atomic mass is 10.2. The Balaban J connectivity index is 1.86. The van der Waals surface area contributed by atoms with Gasteiger partial charge in [0.2, 0.25) is 0 Å². The standard InChI is InChI=1S/C20H24N4O/c1-24(14-4-2-3-5-15-25)20-12-10-19(11-13-20)23-22-18-8-6-17(16-21)7-9-18/h6-13,25H,2-5,14-15H2,1H3. The van der Waals surface area contributed by atoms with E-state index >= 15 is 0 Å². The van der Waals surface area contributed by atoms with Gasteiger partial charge in [-0.3, -0.25) is 0 Å². The highest BCUT2D eigenvalue weighted by Crippen LogP contribution is 2.22. The molecule has 0 heterocycles. The Labute approximate surface area is 149 Å². The maximum absolute atomic E-state index is 8.78. The average molecular weight is 336 g/mol. The monoisotopic (exact) mass is 336 g/mol. The van der Waals surface area contributed by atoms with Gasteiger partial charge in [-0.15, -0.1) is 0 Å². The zero-order valence-corrected chi connectivity index (χ0v) is 14.6. The van der Waals surface area contributed by atoms with Gasteiger partial charge in [0.15, 0.2) is 0 Å². The molecule has 0 atom stereocenters. The second kappa shape index (κ2) is 10.2. The molecule has 0 unspecified atom stereocenters. The van der Waals surface area contributed by atoms with Crippen molar-refractivity contribution < 1.29 is 5.11 Å². The maximum Gasteiger partial charge on any atom is 0.0991 e. The quantitative estimate of drug-likeness (QED) is 0.519. The summed E-state index contributed by atoms with van der Waals surface area (Å²) in [5.41, 5.74) is 3.29. The predicted octanol–water partition coefficient (Wildman–Crippen LogP) is 4.96. The lowest BCUT2D eigenvalue weighted by Gasteiger charge is -2.19. The lowest BCUT2D eigenvalue weighted by molar-refractivity contribution is 0.282. The van der Waals surface area contributed by atoms with E-state index in [2.05, 4.69) is 28.2 Å². The molecule has 0 aromatic heterocycles. The number of unbranched alkanes of at least 4 members (excludes halogenated alkanes) is 3. The Morgan fingerprint density at radius 2 is 1.44 bits per heavy atom. The highest BCUT2D eigenvalue weighted by atomic mass is 16.2. The first-order valence-corrected chi connectivity index (χ1v) is 8.57. The van der Waals surface area contributed by atoms with Crippen LogP contribution in [-0.2, 0) is 0 Å². The van der Waals surface area contributed by atoms with E-state index in [1.807, 2.05) is 24.3 Å². The van der Waals surface area contributed by atoms with E-state index in [9.17, 15) is 0 Å². The molecule has 0 amide bonds. The van der Waals surface area contributed by atoms with Crippen LogP contribution in [0.15, 0.2) is 58.8 Å². The molecule has 5 nitrogen and oxygen atoms in total. The smallest absolute Gasteiger partial charge is 0.0991 e. The van der Waals surface area contributed by atoms with Crippen LogP contribution in [0.5, 0.6) is 0 Å². The van der Waals surface area contributed by atoms with Crippen LogP contribution in [0.2, 0.25) is 0 Å². The average Bonchev–Trinajstić information content (AvgIpc) is 2.67. The van der Waals surface area contributed by atoms with Gasteiger partial charge in [0.1, 0.15) is 0 Å². The number of nitriles is 1. The first-order valence-electron chi connectivity index (χ1n) is 8.57. The summed E-state index contributed by atoms with van der Waals surface area (Å²) in [4.78, 5) is 2.22. The molecule has 0 aliphatic heterocycles. The summed E-state index contributed by atoms with van der Waals surface area (Å²) < 4.78 is 0. The van der Waals surface area contributed by atoms with Crippen molar-refractivity contribution in [1.82, 2.24) is 0 Å². The third kappa shape index (κ3) is 6.36. The van der Waals surface area contributed by atoms with Crippen LogP contribution in [0, 0.1) is 11.3 Å². The van der Waals surface area contributed by atoms with E-state index in [-0.39, 0.29) is 6.61 Å². The van der Waals surface area contributed by atoms with Gasteiger partial charge in [-0.1, -0.05) is 12.8 Å². The summed E-state index contributed by atoms with van der Waals surface area (Å²) >= 11 is 0. The molecular formula is C20H24N4O. The Morgan fingerprint density at radius 3 is 2.00 bits per heavy atom. The minimum atomic E-state index is 0.286. The molecule has 5 heteroatoms. The topological polar surface area (TPSA) is 72.0 Å². The van der Waals surface area contributed by atoms with E-state index in [1.165, 1.54) is 0 Å².